The summed E-state index contributed by atoms with van der Waals surface area (Å²) < 4.78 is 5.58. The van der Waals surface area contributed by atoms with Crippen molar-refractivity contribution in [3.8, 4) is 0 Å². The second-order valence-corrected chi connectivity index (χ2v) is 10.6. The molecule has 0 aromatic heterocycles. The molecule has 1 aromatic carbocycles. The van der Waals surface area contributed by atoms with Gasteiger partial charge in [-0.2, -0.15) is 0 Å². The highest BCUT2D eigenvalue weighted by Crippen LogP contribution is 2.45. The lowest BCUT2D eigenvalue weighted by Gasteiger charge is -2.40. The van der Waals surface area contributed by atoms with Crippen molar-refractivity contribution in [1.82, 2.24) is 4.90 Å². The van der Waals surface area contributed by atoms with Gasteiger partial charge < -0.3 is 14.5 Å². The zero-order chi connectivity index (χ0) is 21.8. The smallest absolute Gasteiger partial charge is 0.131 e. The molecule has 5 nitrogen and oxygen atoms in total. The quantitative estimate of drug-likeness (QED) is 0.676. The molecule has 0 unspecified atom stereocenters. The maximum Gasteiger partial charge on any atom is 0.131 e. The van der Waals surface area contributed by atoms with Crippen LogP contribution in [0, 0.1) is 5.41 Å². The third kappa shape index (κ3) is 5.81. The molecule has 2 aliphatic heterocycles. The molecule has 0 radical (unpaired) electrons. The minimum atomic E-state index is 0.295. The lowest BCUT2D eigenvalue weighted by atomic mass is 9.71. The number of hydrogen-bond donors (Lipinski definition) is 0. The van der Waals surface area contributed by atoms with E-state index in [0.717, 1.165) is 59.0 Å². The van der Waals surface area contributed by atoms with Gasteiger partial charge in [-0.05, 0) is 67.7 Å². The predicted molar refractivity (Wildman–Crippen MR) is 128 cm³/mol. The molecule has 4 rings (SSSR count). The summed E-state index contributed by atoms with van der Waals surface area (Å²) in [6, 6.07) is 7.23. The summed E-state index contributed by atoms with van der Waals surface area (Å²) >= 11 is 0. The molecule has 3 aliphatic rings. The van der Waals surface area contributed by atoms with Crippen LogP contribution in [0.3, 0.4) is 0 Å². The highest BCUT2D eigenvalue weighted by atomic mass is 16.5. The van der Waals surface area contributed by atoms with Crippen molar-refractivity contribution in [3.63, 3.8) is 0 Å². The van der Waals surface area contributed by atoms with E-state index in [1.54, 1.807) is 12.5 Å². The molecule has 0 N–H and O–H groups in total. The first-order chi connectivity index (χ1) is 14.9. The summed E-state index contributed by atoms with van der Waals surface area (Å²) in [5, 5.41) is 0. The number of ether oxygens (including phenoxy) is 1. The summed E-state index contributed by atoms with van der Waals surface area (Å²) in [4.78, 5) is 18.9. The normalized spacial score (nSPS) is 23.2. The van der Waals surface area contributed by atoms with Crippen molar-refractivity contribution in [3.05, 3.63) is 23.8 Å². The Hall–Kier alpha value is -1.59. The van der Waals surface area contributed by atoms with E-state index in [1.165, 1.54) is 37.1 Å². The van der Waals surface area contributed by atoms with E-state index >= 15 is 0 Å². The average molecular weight is 428 g/mol. The first-order valence-electron chi connectivity index (χ1n) is 12.3. The molecule has 2 heterocycles. The van der Waals surface area contributed by atoms with Crippen LogP contribution in [-0.2, 0) is 9.53 Å². The highest BCUT2D eigenvalue weighted by molar-refractivity contribution is 5.75. The minimum absolute atomic E-state index is 0.295. The molecule has 1 aromatic rings. The second kappa shape index (κ2) is 9.91. The first-order valence-corrected chi connectivity index (χ1v) is 12.3. The van der Waals surface area contributed by atoms with Gasteiger partial charge in [0.25, 0.3) is 0 Å². The topological polar surface area (TPSA) is 36.0 Å². The lowest BCUT2D eigenvalue weighted by molar-refractivity contribution is -0.117. The molecule has 5 heteroatoms. The van der Waals surface area contributed by atoms with Crippen LogP contribution in [0.2, 0.25) is 0 Å². The molecule has 172 valence electrons. The van der Waals surface area contributed by atoms with Gasteiger partial charge in [0, 0.05) is 63.6 Å². The number of rotatable bonds is 6. The number of piperazine rings is 1. The van der Waals surface area contributed by atoms with Gasteiger partial charge in [0.2, 0.25) is 0 Å². The van der Waals surface area contributed by atoms with Crippen LogP contribution in [0.5, 0.6) is 0 Å². The molecule has 1 saturated carbocycles. The number of carbonyl (C=O) groups is 1. The van der Waals surface area contributed by atoms with Crippen LogP contribution < -0.4 is 9.80 Å². The number of carbonyl (C=O) groups excluding carboxylic acids is 1. The Morgan fingerprint density at radius 3 is 2.32 bits per heavy atom. The number of morpholine rings is 1. The Morgan fingerprint density at radius 1 is 1.00 bits per heavy atom. The van der Waals surface area contributed by atoms with E-state index in [-0.39, 0.29) is 0 Å². The van der Waals surface area contributed by atoms with Gasteiger partial charge in [0.05, 0.1) is 13.2 Å². The van der Waals surface area contributed by atoms with Crippen LogP contribution in [-0.4, -0.2) is 69.7 Å². The third-order valence-corrected chi connectivity index (χ3v) is 7.66. The summed E-state index contributed by atoms with van der Waals surface area (Å²) in [6.07, 6.45) is 5.91. The Kier molecular flexibility index (Phi) is 7.22. The maximum absolute atomic E-state index is 11.4. The molecular weight excluding hydrogens is 386 g/mol. The Balaban J connectivity index is 1.51. The predicted octanol–water partition coefficient (Wildman–Crippen LogP) is 4.31. The van der Waals surface area contributed by atoms with Crippen molar-refractivity contribution in [2.45, 2.75) is 58.8 Å². The van der Waals surface area contributed by atoms with Crippen molar-refractivity contribution in [2.24, 2.45) is 5.41 Å². The highest BCUT2D eigenvalue weighted by Gasteiger charge is 2.30. The monoisotopic (exact) mass is 427 g/mol. The fraction of sp³-hybridized carbons (Fsp3) is 0.731. The average Bonchev–Trinajstić information content (AvgIpc) is 2.78. The van der Waals surface area contributed by atoms with Crippen LogP contribution in [0.25, 0.3) is 0 Å². The molecule has 3 fully saturated rings. The van der Waals surface area contributed by atoms with E-state index in [2.05, 4.69) is 46.7 Å². The van der Waals surface area contributed by atoms with E-state index in [0.29, 0.717) is 23.5 Å². The number of nitrogens with zero attached hydrogens (tertiary/aromatic N) is 3. The molecule has 0 amide bonds. The molecule has 31 heavy (non-hydrogen) atoms. The van der Waals surface area contributed by atoms with E-state index < -0.39 is 0 Å². The van der Waals surface area contributed by atoms with Crippen LogP contribution in [0.15, 0.2) is 18.2 Å². The zero-order valence-corrected chi connectivity index (χ0v) is 19.9. The van der Waals surface area contributed by atoms with E-state index in [4.69, 9.17) is 4.74 Å². The number of Topliss-reactive ketones (excluding diaryl/α,β-unsaturated/α-hetero) is 1. The molecule has 0 spiro atoms. The van der Waals surface area contributed by atoms with Gasteiger partial charge in [-0.25, -0.2) is 0 Å². The maximum atomic E-state index is 11.4. The first kappa shape index (κ1) is 22.6. The summed E-state index contributed by atoms with van der Waals surface area (Å²) in [5.74, 6) is 0.961. The van der Waals surface area contributed by atoms with Gasteiger partial charge in [-0.3, -0.25) is 9.69 Å². The lowest BCUT2D eigenvalue weighted by Crippen LogP contribution is -2.47. The summed E-state index contributed by atoms with van der Waals surface area (Å²) in [7, 11) is 0. The molecular formula is C26H41N3O2. The van der Waals surface area contributed by atoms with Crippen LogP contribution in [0.4, 0.5) is 11.4 Å². The van der Waals surface area contributed by atoms with Gasteiger partial charge in [0.15, 0.2) is 0 Å². The number of hydrogen-bond acceptors (Lipinski definition) is 5. The van der Waals surface area contributed by atoms with Crippen LogP contribution in [0.1, 0.15) is 64.4 Å². The van der Waals surface area contributed by atoms with Crippen molar-refractivity contribution in [1.29, 1.82) is 0 Å². The Labute approximate surface area is 188 Å². The Morgan fingerprint density at radius 2 is 1.68 bits per heavy atom. The van der Waals surface area contributed by atoms with Crippen LogP contribution >= 0.6 is 0 Å². The van der Waals surface area contributed by atoms with E-state index in [9.17, 15) is 4.79 Å². The van der Waals surface area contributed by atoms with E-state index in [1.807, 2.05) is 0 Å². The number of anilines is 2. The Bertz CT molecular complexity index is 739. The van der Waals surface area contributed by atoms with Crippen molar-refractivity contribution >= 4 is 17.2 Å². The van der Waals surface area contributed by atoms with Gasteiger partial charge in [-0.1, -0.05) is 13.8 Å². The van der Waals surface area contributed by atoms with Crippen molar-refractivity contribution < 1.29 is 9.53 Å². The molecule has 1 aliphatic carbocycles. The fourth-order valence-electron chi connectivity index (χ4n) is 5.41. The van der Waals surface area contributed by atoms with Gasteiger partial charge >= 0.3 is 0 Å². The number of ketones is 1. The third-order valence-electron chi connectivity index (χ3n) is 7.66. The zero-order valence-electron chi connectivity index (χ0n) is 19.9. The fourth-order valence-corrected chi connectivity index (χ4v) is 5.41. The molecule has 0 bridgehead atoms. The summed E-state index contributed by atoms with van der Waals surface area (Å²) in [5.41, 5.74) is 4.87. The van der Waals surface area contributed by atoms with Crippen molar-refractivity contribution in [2.75, 3.05) is 68.8 Å². The molecule has 2 saturated heterocycles. The van der Waals surface area contributed by atoms with Gasteiger partial charge in [0.1, 0.15) is 5.78 Å². The minimum Gasteiger partial charge on any atom is -0.378 e. The largest absolute Gasteiger partial charge is 0.378 e. The second-order valence-electron chi connectivity index (χ2n) is 10.6. The SMILES string of the molecule is CC(=O)CCN1CCN(c2ccc(N3CCOCC3)cc2C2CCC(C)(C)CC2)CC1. The number of benzene rings is 1. The standard InChI is InChI=1S/C26H41N3O2/c1-21(30)8-11-27-12-14-29(15-13-27)25-5-4-23(28-16-18-31-19-17-28)20-24(25)22-6-9-26(2,3)10-7-22/h4-5,20,22H,6-19H2,1-3H3. The van der Waals surface area contributed by atoms with Gasteiger partial charge in [-0.15, -0.1) is 0 Å². The summed E-state index contributed by atoms with van der Waals surface area (Å²) in [6.45, 7) is 15.3. The molecule has 0 atom stereocenters.